The largest absolute Gasteiger partial charge is 0.480 e. The quantitative estimate of drug-likeness (QED) is 0.309. The summed E-state index contributed by atoms with van der Waals surface area (Å²) in [6.07, 6.45) is 1.73. The molecule has 0 spiro atoms. The van der Waals surface area contributed by atoms with E-state index < -0.39 is 0 Å². The van der Waals surface area contributed by atoms with Crippen molar-refractivity contribution in [1.29, 1.82) is 0 Å². The molecule has 1 aromatic heterocycles. The van der Waals surface area contributed by atoms with Gasteiger partial charge in [-0.2, -0.15) is 4.98 Å². The van der Waals surface area contributed by atoms with Gasteiger partial charge >= 0.3 is 0 Å². The average molecular weight is 517 g/mol. The zero-order valence-electron chi connectivity index (χ0n) is 18.1. The number of rotatable bonds is 3. The van der Waals surface area contributed by atoms with Crippen molar-refractivity contribution >= 4 is 39.3 Å². The summed E-state index contributed by atoms with van der Waals surface area (Å²) in [5.41, 5.74) is 6.68. The number of benzene rings is 3. The average Bonchev–Trinajstić information content (AvgIpc) is 3.26. The number of aromatic nitrogens is 3. The van der Waals surface area contributed by atoms with Gasteiger partial charge in [0.1, 0.15) is 17.9 Å². The molecule has 7 heteroatoms. The second kappa shape index (κ2) is 8.08. The number of hydrogen-bond donors (Lipinski definition) is 1. The number of anilines is 1. The Balaban J connectivity index is 1.62. The van der Waals surface area contributed by atoms with Gasteiger partial charge in [-0.1, -0.05) is 81.8 Å². The number of ether oxygens (including phenoxy) is 1. The molecule has 2 atom stereocenters. The summed E-state index contributed by atoms with van der Waals surface area (Å²) in [5.74, 6) is 1.60. The van der Waals surface area contributed by atoms with E-state index in [0.29, 0.717) is 0 Å². The lowest BCUT2D eigenvalue weighted by Gasteiger charge is -2.39. The van der Waals surface area contributed by atoms with E-state index in [2.05, 4.69) is 82.8 Å². The van der Waals surface area contributed by atoms with E-state index in [1.54, 1.807) is 11.8 Å². The van der Waals surface area contributed by atoms with E-state index in [1.165, 1.54) is 5.56 Å². The predicted molar refractivity (Wildman–Crippen MR) is 136 cm³/mol. The maximum absolute atomic E-state index is 6.67. The third kappa shape index (κ3) is 3.47. The minimum Gasteiger partial charge on any atom is -0.480 e. The van der Waals surface area contributed by atoms with Gasteiger partial charge in [-0.15, -0.1) is 5.10 Å². The van der Waals surface area contributed by atoms with Gasteiger partial charge in [-0.05, 0) is 48.6 Å². The van der Waals surface area contributed by atoms with Crippen LogP contribution in [-0.4, -0.2) is 21.0 Å². The van der Waals surface area contributed by atoms with Gasteiger partial charge in [0.15, 0.2) is 0 Å². The Labute approximate surface area is 205 Å². The molecule has 0 amide bonds. The molecule has 0 fully saturated rings. The van der Waals surface area contributed by atoms with Gasteiger partial charge in [0.25, 0.3) is 0 Å². The van der Waals surface area contributed by atoms with Crippen LogP contribution in [0.1, 0.15) is 34.4 Å². The molecule has 0 saturated carbocycles. The van der Waals surface area contributed by atoms with Crippen molar-refractivity contribution in [2.45, 2.75) is 24.2 Å². The van der Waals surface area contributed by atoms with E-state index in [4.69, 9.17) is 14.8 Å². The molecule has 0 aliphatic carbocycles. The fourth-order valence-electron chi connectivity index (χ4n) is 4.53. The molecular weight excluding hydrogens is 496 g/mol. The van der Waals surface area contributed by atoms with Crippen molar-refractivity contribution in [2.24, 2.45) is 0 Å². The van der Waals surface area contributed by atoms with Crippen molar-refractivity contribution in [1.82, 2.24) is 14.8 Å². The first-order valence-corrected chi connectivity index (χ1v) is 12.7. The third-order valence-electron chi connectivity index (χ3n) is 6.11. The topological polar surface area (TPSA) is 52.0 Å². The monoisotopic (exact) mass is 516 g/mol. The second-order valence-corrected chi connectivity index (χ2v) is 9.87. The van der Waals surface area contributed by atoms with Crippen LogP contribution < -0.4 is 10.1 Å². The summed E-state index contributed by atoms with van der Waals surface area (Å²) in [6.45, 7) is 2.11. The number of para-hydroxylation sites is 1. The normalized spacial score (nSPS) is 18.6. The molecule has 164 valence electrons. The van der Waals surface area contributed by atoms with Crippen molar-refractivity contribution in [2.75, 3.05) is 11.6 Å². The first-order chi connectivity index (χ1) is 16.1. The third-order valence-corrected chi connectivity index (χ3v) is 7.18. The second-order valence-electron chi connectivity index (χ2n) is 8.18. The Morgan fingerprint density at radius 3 is 2.45 bits per heavy atom. The van der Waals surface area contributed by atoms with Crippen molar-refractivity contribution in [3.8, 4) is 5.75 Å². The molecule has 0 saturated heterocycles. The first kappa shape index (κ1) is 20.6. The van der Waals surface area contributed by atoms with E-state index in [-0.39, 0.29) is 12.1 Å². The number of nitrogens with zero attached hydrogens (tertiary/aromatic N) is 3. The van der Waals surface area contributed by atoms with Crippen molar-refractivity contribution in [3.05, 3.63) is 105 Å². The maximum Gasteiger partial charge on any atom is 0.227 e. The zero-order chi connectivity index (χ0) is 22.5. The molecule has 2 aliphatic heterocycles. The summed E-state index contributed by atoms with van der Waals surface area (Å²) in [7, 11) is 0. The summed E-state index contributed by atoms with van der Waals surface area (Å²) < 4.78 is 9.71. The summed E-state index contributed by atoms with van der Waals surface area (Å²) in [6, 6.07) is 25.0. The molecule has 5 nitrogen and oxygen atoms in total. The molecule has 4 aromatic rings. The molecule has 0 radical (unpaired) electrons. The molecule has 0 bridgehead atoms. The molecule has 3 aromatic carbocycles. The minimum absolute atomic E-state index is 0.146. The van der Waals surface area contributed by atoms with Crippen LogP contribution in [0.25, 0.3) is 5.70 Å². The van der Waals surface area contributed by atoms with E-state index in [0.717, 1.165) is 49.3 Å². The van der Waals surface area contributed by atoms with Gasteiger partial charge < -0.3 is 10.1 Å². The van der Waals surface area contributed by atoms with Crippen LogP contribution in [0.15, 0.2) is 88.0 Å². The number of fused-ring (bicyclic) bond motifs is 3. The standard InChI is InChI=1S/C26H21BrN4OS/c1-15-7-9-16(10-8-15)23-21-22(28-25-29-26(33-2)30-31(23)25)19-5-3-4-6-20(19)32-24(21)17-11-13-18(27)14-12-17/h3-14,23-24H,1-2H3,(H,28,29,30)/t23-,24+/m0/s1. The summed E-state index contributed by atoms with van der Waals surface area (Å²) in [5, 5.41) is 9.19. The van der Waals surface area contributed by atoms with Gasteiger partial charge in [-0.25, -0.2) is 4.68 Å². The van der Waals surface area contributed by atoms with Crippen LogP contribution in [0.3, 0.4) is 0 Å². The molecular formula is C26H21BrN4OS. The summed E-state index contributed by atoms with van der Waals surface area (Å²) in [4.78, 5) is 4.76. The highest BCUT2D eigenvalue weighted by Crippen LogP contribution is 2.50. The van der Waals surface area contributed by atoms with Gasteiger partial charge in [0.2, 0.25) is 11.1 Å². The van der Waals surface area contributed by atoms with Crippen LogP contribution in [0.2, 0.25) is 0 Å². The van der Waals surface area contributed by atoms with E-state index in [1.807, 2.05) is 29.1 Å². The molecule has 0 unspecified atom stereocenters. The van der Waals surface area contributed by atoms with Gasteiger partial charge in [-0.3, -0.25) is 0 Å². The Morgan fingerprint density at radius 1 is 0.970 bits per heavy atom. The first-order valence-electron chi connectivity index (χ1n) is 10.7. The SMILES string of the molecule is CSc1nc2n(n1)[C@@H](c1ccc(C)cc1)C1=C(N2)c2ccccc2O[C@@H]1c1ccc(Br)cc1. The van der Waals surface area contributed by atoms with Gasteiger partial charge in [0.05, 0.1) is 5.70 Å². The molecule has 1 N–H and O–H groups in total. The molecule has 3 heterocycles. The minimum atomic E-state index is -0.267. The Morgan fingerprint density at radius 2 is 1.70 bits per heavy atom. The Kier molecular flexibility index (Phi) is 5.03. The number of hydrogen-bond acceptors (Lipinski definition) is 5. The number of thioether (sulfide) groups is 1. The van der Waals surface area contributed by atoms with Crippen LogP contribution in [-0.2, 0) is 0 Å². The fourth-order valence-corrected chi connectivity index (χ4v) is 5.14. The lowest BCUT2D eigenvalue weighted by atomic mass is 9.84. The smallest absolute Gasteiger partial charge is 0.227 e. The Bertz CT molecular complexity index is 1380. The van der Waals surface area contributed by atoms with E-state index >= 15 is 0 Å². The summed E-state index contributed by atoms with van der Waals surface area (Å²) >= 11 is 5.10. The lowest BCUT2D eigenvalue weighted by Crippen LogP contribution is -2.32. The van der Waals surface area contributed by atoms with Crippen molar-refractivity contribution < 1.29 is 4.74 Å². The maximum atomic E-state index is 6.67. The number of nitrogens with one attached hydrogen (secondary N) is 1. The van der Waals surface area contributed by atoms with Crippen LogP contribution in [0.5, 0.6) is 5.75 Å². The highest BCUT2D eigenvalue weighted by molar-refractivity contribution is 9.10. The zero-order valence-corrected chi connectivity index (χ0v) is 20.5. The fraction of sp³-hybridized carbons (Fsp3) is 0.154. The van der Waals surface area contributed by atoms with E-state index in [9.17, 15) is 0 Å². The van der Waals surface area contributed by atoms with Crippen LogP contribution in [0, 0.1) is 6.92 Å². The molecule has 6 rings (SSSR count). The number of halogens is 1. The number of aryl methyl sites for hydroxylation is 1. The Hall–Kier alpha value is -3.03. The highest BCUT2D eigenvalue weighted by Gasteiger charge is 2.41. The van der Waals surface area contributed by atoms with Gasteiger partial charge in [0, 0.05) is 15.6 Å². The predicted octanol–water partition coefficient (Wildman–Crippen LogP) is 6.63. The lowest BCUT2D eigenvalue weighted by molar-refractivity contribution is 0.223. The molecule has 33 heavy (non-hydrogen) atoms. The van der Waals surface area contributed by atoms with Crippen LogP contribution >= 0.6 is 27.7 Å². The highest BCUT2D eigenvalue weighted by atomic mass is 79.9. The molecule has 2 aliphatic rings. The van der Waals surface area contributed by atoms with Crippen molar-refractivity contribution in [3.63, 3.8) is 0 Å². The van der Waals surface area contributed by atoms with Crippen LogP contribution in [0.4, 0.5) is 5.95 Å².